The molecule has 9 heteroatoms. The van der Waals surface area contributed by atoms with Gasteiger partial charge in [-0.2, -0.15) is 0 Å². The van der Waals surface area contributed by atoms with E-state index in [2.05, 4.69) is 4.98 Å². The van der Waals surface area contributed by atoms with E-state index in [0.29, 0.717) is 44.5 Å². The van der Waals surface area contributed by atoms with Gasteiger partial charge in [-0.1, -0.05) is 29.8 Å². The number of aryl methyl sites for hydroxylation is 2. The molecule has 0 saturated heterocycles. The van der Waals surface area contributed by atoms with Gasteiger partial charge in [-0.25, -0.2) is 9.78 Å². The normalized spacial score (nSPS) is 14.4. The maximum absolute atomic E-state index is 13.3. The molecule has 1 aliphatic heterocycles. The molecule has 0 saturated carbocycles. The van der Waals surface area contributed by atoms with Gasteiger partial charge in [0.15, 0.2) is 17.1 Å². The molecule has 3 aromatic carbocycles. The van der Waals surface area contributed by atoms with E-state index in [1.807, 2.05) is 31.3 Å². The van der Waals surface area contributed by atoms with Crippen molar-refractivity contribution < 1.29 is 14.6 Å². The van der Waals surface area contributed by atoms with Crippen LogP contribution in [0.25, 0.3) is 16.7 Å². The predicted molar refractivity (Wildman–Crippen MR) is 131 cm³/mol. The van der Waals surface area contributed by atoms with Gasteiger partial charge in [0.25, 0.3) is 0 Å². The first-order valence-electron chi connectivity index (χ1n) is 10.9. The van der Waals surface area contributed by atoms with Crippen LogP contribution in [0.2, 0.25) is 5.02 Å². The van der Waals surface area contributed by atoms with Gasteiger partial charge in [0.2, 0.25) is 6.79 Å². The summed E-state index contributed by atoms with van der Waals surface area (Å²) < 4.78 is 15.9. The van der Waals surface area contributed by atoms with E-state index in [-0.39, 0.29) is 12.5 Å². The number of rotatable bonds is 4. The Morgan fingerprint density at radius 3 is 2.43 bits per heavy atom. The fourth-order valence-corrected chi connectivity index (χ4v) is 4.83. The second-order valence-electron chi connectivity index (χ2n) is 8.53. The molecule has 0 spiro atoms. The van der Waals surface area contributed by atoms with Gasteiger partial charge in [-0.3, -0.25) is 9.13 Å². The fourth-order valence-electron chi connectivity index (χ4n) is 4.70. The Hall–Kier alpha value is -4.01. The van der Waals surface area contributed by atoms with E-state index in [0.717, 1.165) is 5.52 Å². The number of nitrogens with zero attached hydrogens (tertiary/aromatic N) is 4. The molecule has 0 amide bonds. The van der Waals surface area contributed by atoms with Crippen LogP contribution in [0.1, 0.15) is 16.8 Å². The summed E-state index contributed by atoms with van der Waals surface area (Å²) in [5.41, 5.74) is 2.02. The molecule has 2 aromatic heterocycles. The zero-order valence-corrected chi connectivity index (χ0v) is 19.7. The number of benzene rings is 3. The molecule has 8 nitrogen and oxygen atoms in total. The minimum absolute atomic E-state index is 0.145. The fraction of sp³-hybridized carbons (Fsp3) is 0.154. The van der Waals surface area contributed by atoms with Crippen LogP contribution < -0.4 is 15.2 Å². The molecule has 6 rings (SSSR count). The summed E-state index contributed by atoms with van der Waals surface area (Å²) in [6, 6.07) is 17.9. The third-order valence-electron chi connectivity index (χ3n) is 6.54. The third kappa shape index (κ3) is 3.18. The van der Waals surface area contributed by atoms with E-state index in [1.165, 1.54) is 0 Å². The van der Waals surface area contributed by atoms with Gasteiger partial charge in [0.05, 0.1) is 34.9 Å². The molecule has 0 radical (unpaired) electrons. The highest BCUT2D eigenvalue weighted by molar-refractivity contribution is 6.30. The first kappa shape index (κ1) is 21.5. The largest absolute Gasteiger partial charge is 0.454 e. The molecule has 35 heavy (non-hydrogen) atoms. The summed E-state index contributed by atoms with van der Waals surface area (Å²) in [6.07, 6.45) is 3.27. The lowest BCUT2D eigenvalue weighted by molar-refractivity contribution is 0.117. The number of fused-ring (bicyclic) bond motifs is 2. The predicted octanol–water partition coefficient (Wildman–Crippen LogP) is 3.73. The Morgan fingerprint density at radius 2 is 1.69 bits per heavy atom. The van der Waals surface area contributed by atoms with Crippen LogP contribution in [0.15, 0.2) is 78.0 Å². The first-order chi connectivity index (χ1) is 16.9. The lowest BCUT2D eigenvalue weighted by atomic mass is 9.83. The molecular formula is C26H21ClN4O4. The molecule has 3 heterocycles. The maximum Gasteiger partial charge on any atom is 0.333 e. The highest BCUT2D eigenvalue weighted by Gasteiger charge is 2.37. The summed E-state index contributed by atoms with van der Waals surface area (Å²) in [5.74, 6) is 1.21. The van der Waals surface area contributed by atoms with Crippen molar-refractivity contribution in [1.29, 1.82) is 0 Å². The number of imidazole rings is 2. The quantitative estimate of drug-likeness (QED) is 0.417. The van der Waals surface area contributed by atoms with E-state index in [1.54, 1.807) is 69.7 Å². The first-order valence-corrected chi connectivity index (χ1v) is 11.3. The Morgan fingerprint density at radius 1 is 0.943 bits per heavy atom. The Kier molecular flexibility index (Phi) is 4.77. The zero-order chi connectivity index (χ0) is 24.3. The minimum Gasteiger partial charge on any atom is -0.454 e. The van der Waals surface area contributed by atoms with Crippen molar-refractivity contribution in [3.05, 3.63) is 106 Å². The van der Waals surface area contributed by atoms with Crippen molar-refractivity contribution in [1.82, 2.24) is 18.7 Å². The van der Waals surface area contributed by atoms with Crippen molar-refractivity contribution in [3.63, 3.8) is 0 Å². The Balaban J connectivity index is 1.62. The molecule has 0 bridgehead atoms. The topological polar surface area (TPSA) is 83.4 Å². The Labute approximate surface area is 205 Å². The van der Waals surface area contributed by atoms with Gasteiger partial charge >= 0.3 is 5.69 Å². The second kappa shape index (κ2) is 7.76. The van der Waals surface area contributed by atoms with Crippen LogP contribution >= 0.6 is 11.6 Å². The lowest BCUT2D eigenvalue weighted by Gasteiger charge is -2.30. The van der Waals surface area contributed by atoms with Crippen molar-refractivity contribution in [2.24, 2.45) is 14.1 Å². The summed E-state index contributed by atoms with van der Waals surface area (Å²) in [5, 5.41) is 12.8. The number of hydrogen-bond donors (Lipinski definition) is 1. The number of hydrogen-bond acceptors (Lipinski definition) is 5. The average Bonchev–Trinajstić information content (AvgIpc) is 3.57. The van der Waals surface area contributed by atoms with Crippen LogP contribution in [0.5, 0.6) is 11.5 Å². The van der Waals surface area contributed by atoms with Gasteiger partial charge in [0.1, 0.15) is 0 Å². The molecule has 1 atom stereocenters. The number of halogens is 1. The highest BCUT2D eigenvalue weighted by Crippen LogP contribution is 2.39. The lowest BCUT2D eigenvalue weighted by Crippen LogP contribution is -2.31. The second-order valence-corrected chi connectivity index (χ2v) is 8.96. The summed E-state index contributed by atoms with van der Waals surface area (Å²) in [6.45, 7) is 0.145. The van der Waals surface area contributed by atoms with Crippen molar-refractivity contribution in [2.45, 2.75) is 5.60 Å². The van der Waals surface area contributed by atoms with E-state index >= 15 is 0 Å². The van der Waals surface area contributed by atoms with Crippen LogP contribution in [0.3, 0.4) is 0 Å². The molecular weight excluding hydrogens is 468 g/mol. The number of aliphatic hydroxyl groups is 1. The SMILES string of the molecule is Cn1cncc1C(O)(c1ccc(Cl)cc1)c1ccc2c(c1)n(-c1ccc3c(c1)OCO3)c(=O)n2C. The van der Waals surface area contributed by atoms with Gasteiger partial charge in [-0.05, 0) is 47.5 Å². The molecule has 1 unspecified atom stereocenters. The number of aromatic nitrogens is 4. The molecule has 0 fully saturated rings. The van der Waals surface area contributed by atoms with Crippen molar-refractivity contribution >= 4 is 22.6 Å². The summed E-state index contributed by atoms with van der Waals surface area (Å²) in [4.78, 5) is 17.5. The maximum atomic E-state index is 13.3. The van der Waals surface area contributed by atoms with Crippen LogP contribution in [0, 0.1) is 0 Å². The van der Waals surface area contributed by atoms with Crippen molar-refractivity contribution in [2.75, 3.05) is 6.79 Å². The molecule has 1 aliphatic rings. The van der Waals surface area contributed by atoms with Crippen LogP contribution in [-0.2, 0) is 19.7 Å². The van der Waals surface area contributed by atoms with Gasteiger partial charge < -0.3 is 19.1 Å². The minimum atomic E-state index is -1.55. The van der Waals surface area contributed by atoms with E-state index < -0.39 is 5.60 Å². The highest BCUT2D eigenvalue weighted by atomic mass is 35.5. The molecule has 0 aliphatic carbocycles. The molecule has 1 N–H and O–H groups in total. The Bertz CT molecular complexity index is 1650. The van der Waals surface area contributed by atoms with Crippen LogP contribution in [0.4, 0.5) is 0 Å². The van der Waals surface area contributed by atoms with E-state index in [9.17, 15) is 9.90 Å². The summed E-state index contributed by atoms with van der Waals surface area (Å²) >= 11 is 6.13. The molecule has 5 aromatic rings. The summed E-state index contributed by atoms with van der Waals surface area (Å²) in [7, 11) is 3.55. The smallest absolute Gasteiger partial charge is 0.333 e. The average molecular weight is 489 g/mol. The zero-order valence-electron chi connectivity index (χ0n) is 19.0. The third-order valence-corrected chi connectivity index (χ3v) is 6.79. The molecule has 176 valence electrons. The monoisotopic (exact) mass is 488 g/mol. The van der Waals surface area contributed by atoms with Gasteiger partial charge in [0, 0.05) is 25.2 Å². The van der Waals surface area contributed by atoms with Crippen molar-refractivity contribution in [3.8, 4) is 17.2 Å². The number of ether oxygens (including phenoxy) is 2. The van der Waals surface area contributed by atoms with Gasteiger partial charge in [-0.15, -0.1) is 0 Å². The van der Waals surface area contributed by atoms with Crippen LogP contribution in [-0.4, -0.2) is 30.6 Å². The standard InChI is InChI=1S/C26H21ClN4O4/c1-29-14-28-13-24(29)26(33,16-3-6-18(27)7-4-16)17-5-9-20-21(11-17)31(25(32)30(20)2)19-8-10-22-23(12-19)35-15-34-22/h3-14,33H,15H2,1-2H3. The van der Waals surface area contributed by atoms with E-state index in [4.69, 9.17) is 21.1 Å².